The van der Waals surface area contributed by atoms with Crippen molar-refractivity contribution in [1.82, 2.24) is 0 Å². The maximum atomic E-state index is 13.1. The first-order chi connectivity index (χ1) is 45.9. The van der Waals surface area contributed by atoms with Crippen LogP contribution in [0.4, 0.5) is 0 Å². The minimum atomic E-state index is -4.96. The molecule has 17 nitrogen and oxygen atoms in total. The Balaban J connectivity index is 5.21. The summed E-state index contributed by atoms with van der Waals surface area (Å²) in [6, 6.07) is 0. The van der Waals surface area contributed by atoms with Crippen molar-refractivity contribution < 1.29 is 80.2 Å². The Hall–Kier alpha value is -1.94. The SMILES string of the molecule is CCCCCCCCCCCCCCCCCCCCC(=O)O[C@H](COC(=O)CCCCCCCCCCCCCCCC(C)C)COP(=O)(O)OC[C@@H](O)COP(=O)(O)OC[C@@H](COC(=O)CCCCCCCCCC)OC(=O)CCCCCCCCCCCCC(C)C. The number of unbranched alkanes of at least 4 members (excludes halogenated alkanes) is 45. The largest absolute Gasteiger partial charge is 0.472 e. The van der Waals surface area contributed by atoms with Gasteiger partial charge in [0.2, 0.25) is 0 Å². The molecule has 0 amide bonds. The van der Waals surface area contributed by atoms with Crippen LogP contribution < -0.4 is 0 Å². The number of carbonyl (C=O) groups excluding carboxylic acids is 4. The standard InChI is InChI=1S/C76H148O17P2/c1-7-9-11-13-15-17-18-19-20-21-22-23-26-30-36-42-48-54-60-75(80)93-72(65-87-74(79)59-53-47-41-35-29-27-24-25-28-33-38-44-50-56-68(3)4)67-91-95(84,85)89-63-70(77)62-88-94(82,83)90-66-71(64-86-73(78)58-52-46-40-16-14-12-10-8-2)92-76(81)61-55-49-43-37-32-31-34-39-45-51-57-69(5)6/h68-72,77H,7-67H2,1-6H3,(H,82,83)(H,84,85)/t70-,71+,72+/m0/s1. The van der Waals surface area contributed by atoms with Crippen molar-refractivity contribution in [3.63, 3.8) is 0 Å². The first kappa shape index (κ1) is 93.1. The highest BCUT2D eigenvalue weighted by molar-refractivity contribution is 7.47. The molecule has 0 aliphatic rings. The molecule has 2 unspecified atom stereocenters. The molecule has 0 rings (SSSR count). The second-order valence-corrected chi connectivity index (χ2v) is 31.3. The average Bonchev–Trinajstić information content (AvgIpc) is 1.65. The fourth-order valence-electron chi connectivity index (χ4n) is 11.7. The maximum Gasteiger partial charge on any atom is 0.472 e. The van der Waals surface area contributed by atoms with Crippen LogP contribution in [0.25, 0.3) is 0 Å². The van der Waals surface area contributed by atoms with E-state index < -0.39 is 97.5 Å². The molecule has 0 radical (unpaired) electrons. The van der Waals surface area contributed by atoms with Crippen molar-refractivity contribution in [2.24, 2.45) is 11.8 Å². The summed E-state index contributed by atoms with van der Waals surface area (Å²) < 4.78 is 68.5. The number of aliphatic hydroxyl groups is 1. The minimum Gasteiger partial charge on any atom is -0.462 e. The van der Waals surface area contributed by atoms with Gasteiger partial charge in [-0.2, -0.15) is 0 Å². The van der Waals surface area contributed by atoms with E-state index in [4.69, 9.17) is 37.0 Å². The van der Waals surface area contributed by atoms with E-state index in [0.29, 0.717) is 25.7 Å². The minimum absolute atomic E-state index is 0.106. The zero-order valence-corrected chi connectivity index (χ0v) is 63.8. The summed E-state index contributed by atoms with van der Waals surface area (Å²) in [5.41, 5.74) is 0. The van der Waals surface area contributed by atoms with Crippen LogP contribution >= 0.6 is 15.6 Å². The fraction of sp³-hybridized carbons (Fsp3) is 0.947. The third-order valence-corrected chi connectivity index (χ3v) is 19.6. The molecule has 0 spiro atoms. The first-order valence-corrected chi connectivity index (χ1v) is 42.5. The van der Waals surface area contributed by atoms with Gasteiger partial charge in [-0.15, -0.1) is 0 Å². The average molecular weight is 1400 g/mol. The van der Waals surface area contributed by atoms with Crippen molar-refractivity contribution >= 4 is 39.5 Å². The van der Waals surface area contributed by atoms with Gasteiger partial charge >= 0.3 is 39.5 Å². The maximum absolute atomic E-state index is 13.1. The highest BCUT2D eigenvalue weighted by Crippen LogP contribution is 2.45. The van der Waals surface area contributed by atoms with Gasteiger partial charge in [-0.1, -0.05) is 343 Å². The molecular formula is C76H148O17P2. The Labute approximate surface area is 581 Å². The lowest BCUT2D eigenvalue weighted by atomic mass is 10.0. The van der Waals surface area contributed by atoms with Crippen LogP contribution in [0, 0.1) is 11.8 Å². The molecule has 564 valence electrons. The van der Waals surface area contributed by atoms with Gasteiger partial charge < -0.3 is 33.8 Å². The van der Waals surface area contributed by atoms with Crippen LogP contribution in [0.5, 0.6) is 0 Å². The van der Waals surface area contributed by atoms with Crippen molar-refractivity contribution in [3.05, 3.63) is 0 Å². The van der Waals surface area contributed by atoms with E-state index in [2.05, 4.69) is 41.5 Å². The summed E-state index contributed by atoms with van der Waals surface area (Å²) in [6.45, 7) is 9.58. The lowest BCUT2D eigenvalue weighted by molar-refractivity contribution is -0.161. The Morgan fingerprint density at radius 2 is 0.484 bits per heavy atom. The lowest BCUT2D eigenvalue weighted by Crippen LogP contribution is -2.30. The van der Waals surface area contributed by atoms with Crippen LogP contribution in [-0.2, 0) is 65.4 Å². The summed E-state index contributed by atoms with van der Waals surface area (Å²) in [7, 11) is -9.91. The predicted molar refractivity (Wildman–Crippen MR) is 386 cm³/mol. The van der Waals surface area contributed by atoms with Crippen LogP contribution in [0.1, 0.15) is 395 Å². The van der Waals surface area contributed by atoms with Gasteiger partial charge in [-0.3, -0.25) is 37.3 Å². The predicted octanol–water partition coefficient (Wildman–Crippen LogP) is 22.3. The number of esters is 4. The highest BCUT2D eigenvalue weighted by Gasteiger charge is 2.30. The molecule has 0 aliphatic carbocycles. The second-order valence-electron chi connectivity index (χ2n) is 28.3. The zero-order valence-electron chi connectivity index (χ0n) is 62.0. The number of ether oxygens (including phenoxy) is 4. The van der Waals surface area contributed by atoms with E-state index in [1.54, 1.807) is 0 Å². The van der Waals surface area contributed by atoms with Crippen molar-refractivity contribution in [1.29, 1.82) is 0 Å². The van der Waals surface area contributed by atoms with Gasteiger partial charge in [0.1, 0.15) is 19.3 Å². The summed E-state index contributed by atoms with van der Waals surface area (Å²) in [4.78, 5) is 72.7. The van der Waals surface area contributed by atoms with Gasteiger partial charge in [-0.05, 0) is 37.5 Å². The number of hydrogen-bond donors (Lipinski definition) is 3. The van der Waals surface area contributed by atoms with Crippen LogP contribution in [0.15, 0.2) is 0 Å². The molecule has 0 fully saturated rings. The number of aliphatic hydroxyl groups excluding tert-OH is 1. The van der Waals surface area contributed by atoms with E-state index >= 15 is 0 Å². The summed E-state index contributed by atoms with van der Waals surface area (Å²) in [6.07, 6.45) is 55.5. The van der Waals surface area contributed by atoms with Gasteiger partial charge in [0.05, 0.1) is 26.4 Å². The molecule has 0 aromatic rings. The Bertz CT molecular complexity index is 1840. The summed E-state index contributed by atoms with van der Waals surface area (Å²) in [5.74, 6) is -0.574. The number of phosphoric ester groups is 2. The number of carbonyl (C=O) groups is 4. The van der Waals surface area contributed by atoms with Gasteiger partial charge in [0, 0.05) is 25.7 Å². The molecular weight excluding hydrogens is 1250 g/mol. The second kappa shape index (κ2) is 67.9. The number of hydrogen-bond acceptors (Lipinski definition) is 15. The Kier molecular flexibility index (Phi) is 66.5. The molecule has 0 bridgehead atoms. The third kappa shape index (κ3) is 70.3. The Morgan fingerprint density at radius 3 is 0.716 bits per heavy atom. The van der Waals surface area contributed by atoms with E-state index in [0.717, 1.165) is 108 Å². The molecule has 95 heavy (non-hydrogen) atoms. The van der Waals surface area contributed by atoms with Gasteiger partial charge in [0.25, 0.3) is 0 Å². The zero-order chi connectivity index (χ0) is 70.0. The third-order valence-electron chi connectivity index (χ3n) is 17.7. The van der Waals surface area contributed by atoms with Gasteiger partial charge in [0.15, 0.2) is 12.2 Å². The topological polar surface area (TPSA) is 237 Å². The normalized spacial score (nSPS) is 14.0. The van der Waals surface area contributed by atoms with E-state index in [9.17, 15) is 43.2 Å². The quantitative estimate of drug-likeness (QED) is 0.0222. The highest BCUT2D eigenvalue weighted by atomic mass is 31.2. The molecule has 19 heteroatoms. The molecule has 0 aliphatic heterocycles. The monoisotopic (exact) mass is 1400 g/mol. The molecule has 0 saturated carbocycles. The summed E-state index contributed by atoms with van der Waals surface area (Å²) >= 11 is 0. The molecule has 0 heterocycles. The fourth-order valence-corrected chi connectivity index (χ4v) is 13.2. The van der Waals surface area contributed by atoms with E-state index in [-0.39, 0.29) is 25.7 Å². The Morgan fingerprint density at radius 1 is 0.284 bits per heavy atom. The first-order valence-electron chi connectivity index (χ1n) is 39.5. The number of phosphoric acid groups is 2. The smallest absolute Gasteiger partial charge is 0.462 e. The molecule has 0 aromatic carbocycles. The molecule has 0 saturated heterocycles. The van der Waals surface area contributed by atoms with Gasteiger partial charge in [-0.25, -0.2) is 9.13 Å². The van der Waals surface area contributed by atoms with Crippen molar-refractivity contribution in [3.8, 4) is 0 Å². The van der Waals surface area contributed by atoms with Crippen LogP contribution in [0.2, 0.25) is 0 Å². The molecule has 3 N–H and O–H groups in total. The lowest BCUT2D eigenvalue weighted by Gasteiger charge is -2.21. The molecule has 5 atom stereocenters. The van der Waals surface area contributed by atoms with Crippen LogP contribution in [-0.4, -0.2) is 96.7 Å². The summed E-state index contributed by atoms with van der Waals surface area (Å²) in [5, 5.41) is 10.6. The molecule has 0 aromatic heterocycles. The number of rotatable bonds is 75. The van der Waals surface area contributed by atoms with Crippen LogP contribution in [0.3, 0.4) is 0 Å². The van der Waals surface area contributed by atoms with Crippen molar-refractivity contribution in [2.75, 3.05) is 39.6 Å². The van der Waals surface area contributed by atoms with Crippen molar-refractivity contribution in [2.45, 2.75) is 413 Å². The van der Waals surface area contributed by atoms with E-state index in [1.807, 2.05) is 0 Å². The van der Waals surface area contributed by atoms with E-state index in [1.165, 1.54) is 205 Å².